The van der Waals surface area contributed by atoms with Crippen LogP contribution < -0.4 is 53.7 Å². The number of fused-ring (bicyclic) bond motifs is 4. The zero-order valence-corrected chi connectivity index (χ0v) is 88.2. The fraction of sp³-hybridized carbons (Fsp3) is 0.394. The maximum atomic E-state index is 15.7. The van der Waals surface area contributed by atoms with Crippen LogP contribution in [0.5, 0.6) is 0 Å². The van der Waals surface area contributed by atoms with E-state index in [1.807, 2.05) is 110 Å². The van der Waals surface area contributed by atoms with Gasteiger partial charge in [-0.15, -0.1) is 12.4 Å². The number of halogens is 10. The van der Waals surface area contributed by atoms with Crippen LogP contribution in [0.15, 0.2) is 138 Å². The lowest BCUT2D eigenvalue weighted by atomic mass is 9.77. The minimum atomic E-state index is -1.71. The van der Waals surface area contributed by atoms with Crippen molar-refractivity contribution in [3.8, 4) is 33.4 Å². The first-order valence-corrected chi connectivity index (χ1v) is 48.2. The topological polar surface area (TPSA) is 436 Å². The second kappa shape index (κ2) is 51.5. The molecule has 0 aliphatic carbocycles. The number of aromatic nitrogens is 4. The second-order valence-corrected chi connectivity index (χ2v) is 40.9. The summed E-state index contributed by atoms with van der Waals surface area (Å²) < 4.78 is 147. The van der Waals surface area contributed by atoms with E-state index in [0.29, 0.717) is 135 Å². The number of hydrogen-bond acceptors (Lipinski definition) is 25. The standard InChI is InChI=1S/C28H26F3N3O4.C23H28FN3O3.C19H27BFNO4.C18H20FN3O.C10H8F2O4.C9H12BrN3O.2CH4.ClH/c1-14(2)8-24(36)22-11-17(13-33-27(22)32)20-4-5-23-21(25(20)31)6-7-34(23)28(37)26(38-15(3)35)16-9-18(29)12-19(30)10-16;1-13(2)10-19(28)17-11-14(12-26-21(17)25)15-6-7-18-16(20(15)24)8-9-27(18)22(29)30-23(3,4)5;1-17(2,3)24-16(23)22-11-10-12-14(22)9-8-13(15(12)21)20-25-18(4,5)19(6,7)26-20;1-10(2)7-16(23)14-8-11(9-22-18(14)20)12-3-4-15-13(17(12)19)5-6-21-15;1-5(13)16-9(10(14)15)6-2-7(11)4-8(12)3-6;1-5(2)13-9(14)7-3-6(10)4-12-8(7)11;;;/h4-5,9-14,26H,6-8H2,1-3H3,(H2,32,33);6-7,11-13H,8-10H2,1-5H3,(H2,25,26);8-9H,10-11H2,1-7H3;3-4,8-10,21H,5-7H2,1-2H3,(H2,20,22);2-4,9H,1H3,(H,14,15);3-5H,1-2H3,(H2,11,12)(H,13,14);2*1H4;1H. The fourth-order valence-corrected chi connectivity index (χ4v) is 16.5. The fourth-order valence-electron chi connectivity index (χ4n) is 16.2. The SMILES string of the molecule is C.C.CC(=O)OC(C(=O)N1CCc2c1ccc(-c1cnc(N)c(C(=O)CC(C)C)c1)c2F)c1cc(F)cc(F)c1.CC(=O)OC(C(=O)O)c1cc(F)cc(F)c1.CC(C)(C)OC(=O)N1CCc2c1ccc(B1OC(C)(C)C(C)(C)O1)c2F.CC(C)CC(=O)c1cc(-c2ccc3c(c2F)CCN3)cnc1N.CC(C)CC(=O)c1cc(-c2ccc3c(c2F)CCN3C(=O)OC(C)(C)C)cnc1N.CC(C)NC(=O)c1cc(Br)cnc1N.Cl. The summed E-state index contributed by atoms with van der Waals surface area (Å²) in [7, 11) is -0.763. The molecule has 0 bridgehead atoms. The first kappa shape index (κ1) is 123. The van der Waals surface area contributed by atoms with Crippen molar-refractivity contribution in [2.24, 2.45) is 17.8 Å². The van der Waals surface area contributed by atoms with Gasteiger partial charge in [-0.2, -0.15) is 0 Å². The third kappa shape index (κ3) is 31.1. The average molecular weight is 2170 g/mol. The molecule has 4 amide bonds. The molecular weight excluding hydrogens is 2040 g/mol. The molecule has 9 heterocycles. The van der Waals surface area contributed by atoms with E-state index in [0.717, 1.165) is 54.8 Å². The summed E-state index contributed by atoms with van der Waals surface area (Å²) in [5.74, 6) is -8.77. The number of anilines is 8. The number of benzene rings is 6. The van der Waals surface area contributed by atoms with Crippen LogP contribution in [0.4, 0.5) is 90.7 Å². The zero-order chi connectivity index (χ0) is 109. The molecule has 2 atom stereocenters. The highest BCUT2D eigenvalue weighted by molar-refractivity contribution is 9.10. The van der Waals surface area contributed by atoms with Crippen LogP contribution in [0.1, 0.15) is 260 Å². The number of esters is 2. The second-order valence-electron chi connectivity index (χ2n) is 40.0. The maximum Gasteiger partial charge on any atom is 0.497 e. The van der Waals surface area contributed by atoms with Gasteiger partial charge in [0.25, 0.3) is 11.8 Å². The molecule has 0 spiro atoms. The Morgan fingerprint density at radius 3 is 1.18 bits per heavy atom. The van der Waals surface area contributed by atoms with Gasteiger partial charge in [0.2, 0.25) is 12.2 Å². The Bertz CT molecular complexity index is 6650. The van der Waals surface area contributed by atoms with Gasteiger partial charge in [0, 0.05) is 190 Å². The number of ketones is 3. The van der Waals surface area contributed by atoms with Crippen molar-refractivity contribution >= 4 is 146 Å². The molecule has 1 saturated heterocycles. The Hall–Kier alpha value is -14.0. The number of ether oxygens (including phenoxy) is 4. The van der Waals surface area contributed by atoms with Crippen molar-refractivity contribution in [1.29, 1.82) is 0 Å². The van der Waals surface area contributed by atoms with Gasteiger partial charge in [-0.3, -0.25) is 43.4 Å². The van der Waals surface area contributed by atoms with Crippen LogP contribution in [0.3, 0.4) is 0 Å². The van der Waals surface area contributed by atoms with E-state index >= 15 is 13.2 Å². The number of nitrogens with two attached hydrogens (primary N) is 4. The number of hydrogen-bond donors (Lipinski definition) is 7. The number of aliphatic carboxylic acids is 1. The number of nitrogens with one attached hydrogen (secondary N) is 2. The number of carbonyl (C=O) groups is 10. The van der Waals surface area contributed by atoms with Crippen LogP contribution in [0.25, 0.3) is 33.4 Å². The maximum absolute atomic E-state index is 15.7. The number of rotatable bonds is 21. The molecular formula is C109H130BBrClF8N13O17. The molecule has 806 valence electrons. The molecule has 10 aromatic rings. The summed E-state index contributed by atoms with van der Waals surface area (Å²) >= 11 is 3.23. The van der Waals surface area contributed by atoms with Crippen molar-refractivity contribution in [2.45, 2.75) is 239 Å². The van der Waals surface area contributed by atoms with Gasteiger partial charge in [0.05, 0.1) is 44.8 Å². The molecule has 6 aromatic carbocycles. The summed E-state index contributed by atoms with van der Waals surface area (Å²) in [4.78, 5) is 141. The molecule has 0 radical (unpaired) electrons. The number of Topliss-reactive ketones (excluding diaryl/α,β-unsaturated/α-hetero) is 3. The van der Waals surface area contributed by atoms with Gasteiger partial charge in [-0.1, -0.05) is 62.5 Å². The molecule has 1 fully saturated rings. The van der Waals surface area contributed by atoms with Crippen molar-refractivity contribution < 1.29 is 116 Å². The van der Waals surface area contributed by atoms with E-state index in [1.54, 1.807) is 75.5 Å². The van der Waals surface area contributed by atoms with Crippen LogP contribution >= 0.6 is 28.3 Å². The monoisotopic (exact) mass is 2170 g/mol. The van der Waals surface area contributed by atoms with Crippen molar-refractivity contribution in [1.82, 2.24) is 25.3 Å². The number of amides is 4. The lowest BCUT2D eigenvalue weighted by molar-refractivity contribution is -0.163. The minimum absolute atomic E-state index is 0. The molecule has 150 heavy (non-hydrogen) atoms. The first-order valence-electron chi connectivity index (χ1n) is 47.4. The van der Waals surface area contributed by atoms with Crippen LogP contribution in [0, 0.1) is 64.3 Å². The molecule has 5 aliphatic rings. The van der Waals surface area contributed by atoms with Gasteiger partial charge in [0.15, 0.2) is 17.3 Å². The summed E-state index contributed by atoms with van der Waals surface area (Å²) in [5.41, 5.74) is 28.5. The highest BCUT2D eigenvalue weighted by Crippen LogP contribution is 2.44. The Labute approximate surface area is 882 Å². The third-order valence-electron chi connectivity index (χ3n) is 23.6. The number of nitrogen functional groups attached to an aromatic ring is 4. The Kier molecular flexibility index (Phi) is 42.2. The van der Waals surface area contributed by atoms with Gasteiger partial charge < -0.3 is 71.8 Å². The molecule has 11 N–H and O–H groups in total. The molecule has 41 heteroatoms. The van der Waals surface area contributed by atoms with E-state index in [-0.39, 0.29) is 162 Å². The summed E-state index contributed by atoms with van der Waals surface area (Å²) in [6.45, 7) is 37.6. The number of nitrogens with zero attached hydrogens (tertiary/aromatic N) is 7. The summed E-state index contributed by atoms with van der Waals surface area (Å²) in [6.07, 6.45) is 4.26. The van der Waals surface area contributed by atoms with E-state index in [9.17, 15) is 69.9 Å². The van der Waals surface area contributed by atoms with Crippen molar-refractivity contribution in [3.05, 3.63) is 241 Å². The predicted octanol–water partition coefficient (Wildman–Crippen LogP) is 22.2. The van der Waals surface area contributed by atoms with E-state index in [4.69, 9.17) is 51.6 Å². The van der Waals surface area contributed by atoms with E-state index < -0.39 is 113 Å². The zero-order valence-electron chi connectivity index (χ0n) is 85.8. The minimum Gasteiger partial charge on any atom is -0.478 e. The summed E-state index contributed by atoms with van der Waals surface area (Å²) in [6, 6.07) is 24.4. The Morgan fingerprint density at radius 1 is 0.467 bits per heavy atom. The van der Waals surface area contributed by atoms with E-state index in [1.165, 1.54) is 51.5 Å². The van der Waals surface area contributed by atoms with Gasteiger partial charge in [-0.25, -0.2) is 69.4 Å². The average Bonchev–Trinajstić information content (AvgIpc) is 1.58. The quantitative estimate of drug-likeness (QED) is 0.0115. The van der Waals surface area contributed by atoms with Gasteiger partial charge >= 0.3 is 37.2 Å². The molecule has 4 aromatic heterocycles. The van der Waals surface area contributed by atoms with Crippen LogP contribution in [-0.4, -0.2) is 146 Å². The lowest BCUT2D eigenvalue weighted by Crippen LogP contribution is -2.41. The highest BCUT2D eigenvalue weighted by atomic mass is 79.9. The molecule has 30 nitrogen and oxygen atoms in total. The summed E-state index contributed by atoms with van der Waals surface area (Å²) in [5, 5.41) is 14.6. The molecule has 5 aliphatic heterocycles. The first-order chi connectivity index (χ1) is 68.6. The number of carboxylic acid groups (broad SMARTS) is 1. The van der Waals surface area contributed by atoms with Crippen molar-refractivity contribution in [3.63, 3.8) is 0 Å². The largest absolute Gasteiger partial charge is 0.497 e. The molecule has 15 rings (SSSR count). The smallest absolute Gasteiger partial charge is 0.478 e. The normalized spacial score (nSPS) is 14.0. The Morgan fingerprint density at radius 2 is 0.807 bits per heavy atom. The van der Waals surface area contributed by atoms with Crippen LogP contribution in [-0.2, 0) is 73.1 Å². The highest BCUT2D eigenvalue weighted by Gasteiger charge is 2.53. The third-order valence-corrected chi connectivity index (χ3v) is 24.0. The molecule has 0 saturated carbocycles. The van der Waals surface area contributed by atoms with Gasteiger partial charge in [0.1, 0.15) is 81.0 Å². The number of pyridine rings is 4. The van der Waals surface area contributed by atoms with Crippen LogP contribution in [0.2, 0.25) is 0 Å². The van der Waals surface area contributed by atoms with Crippen molar-refractivity contribution in [2.75, 3.05) is 69.1 Å². The van der Waals surface area contributed by atoms with E-state index in [2.05, 4.69) is 51.2 Å². The Balaban J connectivity index is 0.000000249. The number of carboxylic acids is 1. The number of carbonyl (C=O) groups excluding carboxylic acids is 9. The predicted molar refractivity (Wildman–Crippen MR) is 567 cm³/mol. The lowest BCUT2D eigenvalue weighted by Gasteiger charge is -2.32. The molecule has 2 unspecified atom stereocenters. The van der Waals surface area contributed by atoms with Gasteiger partial charge in [-0.05, 0) is 233 Å².